The molecule has 9 heteroatoms. The van der Waals surface area contributed by atoms with Gasteiger partial charge in [-0.3, -0.25) is 4.79 Å². The Bertz CT molecular complexity index is 864. The number of rotatable bonds is 7. The maximum absolute atomic E-state index is 11.8. The van der Waals surface area contributed by atoms with Crippen LogP contribution in [0.5, 0.6) is 5.75 Å². The number of nitrogens with one attached hydrogen (secondary N) is 1. The number of H-pyrrole nitrogens is 1. The number of aryl methyl sites for hydroxylation is 2. The molecule has 0 spiro atoms. The van der Waals surface area contributed by atoms with Gasteiger partial charge in [-0.05, 0) is 54.7 Å². The molecule has 1 heterocycles. The number of hydrogen-bond donors (Lipinski definition) is 3. The summed E-state index contributed by atoms with van der Waals surface area (Å²) < 4.78 is 20.2. The maximum Gasteiger partial charge on any atom is 0.472 e. The van der Waals surface area contributed by atoms with Crippen LogP contribution >= 0.6 is 7.82 Å². The summed E-state index contributed by atoms with van der Waals surface area (Å²) in [6.07, 6.45) is 0.549. The minimum atomic E-state index is -4.56. The molecule has 1 aromatic carbocycles. The molecule has 0 aliphatic carbocycles. The monoisotopic (exact) mass is 382 g/mol. The first-order chi connectivity index (χ1) is 12.1. The smallest absolute Gasteiger partial charge is 0.467 e. The number of phosphoric acid groups is 1. The van der Waals surface area contributed by atoms with E-state index in [1.54, 1.807) is 12.1 Å². The van der Waals surface area contributed by atoms with Gasteiger partial charge in [0.1, 0.15) is 5.75 Å². The lowest BCUT2D eigenvalue weighted by molar-refractivity contribution is 0.0828. The summed E-state index contributed by atoms with van der Waals surface area (Å²) >= 11 is 0. The second-order valence-electron chi connectivity index (χ2n) is 6.39. The molecule has 0 bridgehead atoms. The SMILES string of the molecule is Cc1cc(OCOP(=O)(O)O)cc(C)c1Cc1cc(C(C)C)c(=O)[nH]n1. The van der Waals surface area contributed by atoms with Crippen molar-refractivity contribution in [1.82, 2.24) is 10.2 Å². The third kappa shape index (κ3) is 5.51. The highest BCUT2D eigenvalue weighted by Crippen LogP contribution is 2.35. The molecule has 0 amide bonds. The van der Waals surface area contributed by atoms with Gasteiger partial charge in [-0.15, -0.1) is 0 Å². The van der Waals surface area contributed by atoms with Crippen LogP contribution in [0.1, 0.15) is 47.7 Å². The molecule has 0 fully saturated rings. The molecule has 0 radical (unpaired) electrons. The normalized spacial score (nSPS) is 11.8. The second kappa shape index (κ2) is 8.14. The van der Waals surface area contributed by atoms with Crippen molar-refractivity contribution < 1.29 is 23.6 Å². The zero-order valence-electron chi connectivity index (χ0n) is 15.1. The van der Waals surface area contributed by atoms with E-state index in [0.717, 1.165) is 22.4 Å². The maximum atomic E-state index is 11.8. The van der Waals surface area contributed by atoms with Gasteiger partial charge in [0.2, 0.25) is 0 Å². The zero-order chi connectivity index (χ0) is 19.5. The molecule has 0 unspecified atom stereocenters. The van der Waals surface area contributed by atoms with E-state index in [2.05, 4.69) is 14.7 Å². The van der Waals surface area contributed by atoms with Gasteiger partial charge in [-0.2, -0.15) is 5.10 Å². The lowest BCUT2D eigenvalue weighted by Crippen LogP contribution is -2.17. The van der Waals surface area contributed by atoms with E-state index in [0.29, 0.717) is 17.7 Å². The predicted octanol–water partition coefficient (Wildman–Crippen LogP) is 2.55. The first kappa shape index (κ1) is 20.3. The first-order valence-corrected chi connectivity index (χ1v) is 9.61. The molecule has 0 aliphatic rings. The number of benzene rings is 1. The molecule has 26 heavy (non-hydrogen) atoms. The standard InChI is InChI=1S/C17H23N2O6P/c1-10(2)15-7-13(18-19-17(15)20)8-16-11(3)5-14(6-12(16)4)24-9-25-26(21,22)23/h5-7,10H,8-9H2,1-4H3,(H,19,20)(H2,21,22,23). The van der Waals surface area contributed by atoms with Gasteiger partial charge in [0.15, 0.2) is 6.79 Å². The Morgan fingerprint density at radius 2 is 1.81 bits per heavy atom. The highest BCUT2D eigenvalue weighted by molar-refractivity contribution is 7.46. The van der Waals surface area contributed by atoms with Gasteiger partial charge in [0.05, 0.1) is 5.69 Å². The van der Waals surface area contributed by atoms with Crippen LogP contribution in [0.3, 0.4) is 0 Å². The highest BCUT2D eigenvalue weighted by Gasteiger charge is 2.15. The summed E-state index contributed by atoms with van der Waals surface area (Å²) in [4.78, 5) is 29.2. The fourth-order valence-corrected chi connectivity index (χ4v) is 2.83. The van der Waals surface area contributed by atoms with Crippen molar-refractivity contribution in [2.75, 3.05) is 6.79 Å². The van der Waals surface area contributed by atoms with E-state index in [1.165, 1.54) is 0 Å². The van der Waals surface area contributed by atoms with Crippen LogP contribution in [-0.4, -0.2) is 26.8 Å². The largest absolute Gasteiger partial charge is 0.472 e. The van der Waals surface area contributed by atoms with Crippen LogP contribution in [-0.2, 0) is 15.5 Å². The molecule has 0 atom stereocenters. The van der Waals surface area contributed by atoms with Gasteiger partial charge < -0.3 is 14.5 Å². The van der Waals surface area contributed by atoms with Crippen molar-refractivity contribution in [3.05, 3.63) is 56.5 Å². The molecule has 0 saturated carbocycles. The van der Waals surface area contributed by atoms with Crippen molar-refractivity contribution in [2.24, 2.45) is 0 Å². The second-order valence-corrected chi connectivity index (χ2v) is 7.63. The van der Waals surface area contributed by atoms with Crippen LogP contribution in [0, 0.1) is 13.8 Å². The summed E-state index contributed by atoms with van der Waals surface area (Å²) in [7, 11) is -4.56. The van der Waals surface area contributed by atoms with E-state index >= 15 is 0 Å². The van der Waals surface area contributed by atoms with Crippen LogP contribution in [0.2, 0.25) is 0 Å². The number of phosphoric ester groups is 1. The van der Waals surface area contributed by atoms with Crippen LogP contribution in [0.25, 0.3) is 0 Å². The lowest BCUT2D eigenvalue weighted by atomic mass is 9.96. The average molecular weight is 382 g/mol. The molecular weight excluding hydrogens is 359 g/mol. The first-order valence-electron chi connectivity index (χ1n) is 8.08. The Kier molecular flexibility index (Phi) is 6.36. The molecule has 0 aliphatic heterocycles. The topological polar surface area (TPSA) is 122 Å². The molecule has 3 N–H and O–H groups in total. The van der Waals surface area contributed by atoms with Crippen molar-refractivity contribution >= 4 is 7.82 Å². The third-order valence-electron chi connectivity index (χ3n) is 3.98. The molecule has 8 nitrogen and oxygen atoms in total. The molecular formula is C17H23N2O6P. The summed E-state index contributed by atoms with van der Waals surface area (Å²) in [5, 5.41) is 6.66. The zero-order valence-corrected chi connectivity index (χ0v) is 16.0. The highest BCUT2D eigenvalue weighted by atomic mass is 31.2. The van der Waals surface area contributed by atoms with Gasteiger partial charge >= 0.3 is 7.82 Å². The quantitative estimate of drug-likeness (QED) is 0.497. The Labute approximate surface area is 151 Å². The number of aromatic amines is 1. The molecule has 142 valence electrons. The van der Waals surface area contributed by atoms with Crippen molar-refractivity contribution in [3.8, 4) is 5.75 Å². The number of hydrogen-bond acceptors (Lipinski definition) is 5. The number of nitrogens with zero attached hydrogens (tertiary/aromatic N) is 1. The molecule has 1 aromatic heterocycles. The van der Waals surface area contributed by atoms with Gasteiger partial charge in [-0.1, -0.05) is 13.8 Å². The summed E-state index contributed by atoms with van der Waals surface area (Å²) in [5.74, 6) is 0.557. The Morgan fingerprint density at radius 3 is 2.35 bits per heavy atom. The molecule has 2 aromatic rings. The predicted molar refractivity (Wildman–Crippen MR) is 96.3 cm³/mol. The fraction of sp³-hybridized carbons (Fsp3) is 0.412. The van der Waals surface area contributed by atoms with E-state index in [-0.39, 0.29) is 11.5 Å². The number of aromatic nitrogens is 2. The Balaban J connectivity index is 2.19. The van der Waals surface area contributed by atoms with E-state index in [9.17, 15) is 9.36 Å². The van der Waals surface area contributed by atoms with Crippen LogP contribution < -0.4 is 10.3 Å². The van der Waals surface area contributed by atoms with Crippen LogP contribution in [0.15, 0.2) is 23.0 Å². The van der Waals surface area contributed by atoms with Gasteiger partial charge in [-0.25, -0.2) is 14.2 Å². The van der Waals surface area contributed by atoms with E-state index in [1.807, 2.05) is 33.8 Å². The van der Waals surface area contributed by atoms with E-state index in [4.69, 9.17) is 14.5 Å². The Hall–Kier alpha value is -1.99. The fourth-order valence-electron chi connectivity index (χ4n) is 2.64. The summed E-state index contributed by atoms with van der Waals surface area (Å²) in [6, 6.07) is 5.35. The minimum Gasteiger partial charge on any atom is -0.467 e. The van der Waals surface area contributed by atoms with Crippen molar-refractivity contribution in [1.29, 1.82) is 0 Å². The van der Waals surface area contributed by atoms with Crippen molar-refractivity contribution in [2.45, 2.75) is 40.0 Å². The average Bonchev–Trinajstić information content (AvgIpc) is 2.51. The lowest BCUT2D eigenvalue weighted by Gasteiger charge is -2.14. The molecule has 2 rings (SSSR count). The van der Waals surface area contributed by atoms with Gasteiger partial charge in [0, 0.05) is 12.0 Å². The number of ether oxygens (including phenoxy) is 1. The molecule has 0 saturated heterocycles. The van der Waals surface area contributed by atoms with Crippen LogP contribution in [0.4, 0.5) is 0 Å². The summed E-state index contributed by atoms with van der Waals surface area (Å²) in [6.45, 7) is 7.19. The third-order valence-corrected chi connectivity index (χ3v) is 4.42. The summed E-state index contributed by atoms with van der Waals surface area (Å²) in [5.41, 5.74) is 4.21. The van der Waals surface area contributed by atoms with Crippen molar-refractivity contribution in [3.63, 3.8) is 0 Å². The van der Waals surface area contributed by atoms with E-state index < -0.39 is 14.6 Å². The van der Waals surface area contributed by atoms with Gasteiger partial charge in [0.25, 0.3) is 5.56 Å². The Morgan fingerprint density at radius 1 is 1.19 bits per heavy atom. The minimum absolute atomic E-state index is 0.104.